The van der Waals surface area contributed by atoms with E-state index in [9.17, 15) is 4.79 Å². The maximum absolute atomic E-state index is 12.4. The van der Waals surface area contributed by atoms with Gasteiger partial charge in [-0.05, 0) is 56.9 Å². The van der Waals surface area contributed by atoms with Crippen molar-refractivity contribution in [2.75, 3.05) is 0 Å². The molecular weight excluding hydrogens is 310 g/mol. The van der Waals surface area contributed by atoms with Crippen LogP contribution in [0, 0.1) is 13.8 Å². The van der Waals surface area contributed by atoms with Crippen molar-refractivity contribution >= 4 is 17.5 Å². The van der Waals surface area contributed by atoms with Gasteiger partial charge in [0.15, 0.2) is 6.10 Å². The van der Waals surface area contributed by atoms with Crippen LogP contribution in [0.15, 0.2) is 12.1 Å². The van der Waals surface area contributed by atoms with Gasteiger partial charge < -0.3 is 10.1 Å². The summed E-state index contributed by atoms with van der Waals surface area (Å²) >= 11 is 6.17. The third-order valence-corrected chi connectivity index (χ3v) is 5.14. The van der Waals surface area contributed by atoms with Gasteiger partial charge in [0.1, 0.15) is 5.75 Å². The SMILES string of the molecule is Cc1cc(O[C@H](C)C(=O)NC2CCCCCCC2)cc(C)c1Cl. The molecule has 1 aliphatic rings. The van der Waals surface area contributed by atoms with E-state index in [1.54, 1.807) is 6.92 Å². The number of ether oxygens (including phenoxy) is 1. The second kappa shape index (κ2) is 8.58. The number of carbonyl (C=O) groups excluding carboxylic acids is 1. The van der Waals surface area contributed by atoms with Crippen molar-refractivity contribution in [3.8, 4) is 5.75 Å². The van der Waals surface area contributed by atoms with E-state index in [4.69, 9.17) is 16.3 Å². The molecule has 1 aliphatic carbocycles. The number of hydrogen-bond donors (Lipinski definition) is 1. The van der Waals surface area contributed by atoms with Crippen LogP contribution in [0.2, 0.25) is 5.02 Å². The summed E-state index contributed by atoms with van der Waals surface area (Å²) in [6.45, 7) is 5.69. The highest BCUT2D eigenvalue weighted by atomic mass is 35.5. The summed E-state index contributed by atoms with van der Waals surface area (Å²) < 4.78 is 5.82. The van der Waals surface area contributed by atoms with Gasteiger partial charge in [-0.2, -0.15) is 0 Å². The number of hydrogen-bond acceptors (Lipinski definition) is 2. The average Bonchev–Trinajstić information content (AvgIpc) is 2.47. The number of benzene rings is 1. The first-order valence-corrected chi connectivity index (χ1v) is 9.09. The normalized spacial score (nSPS) is 17.9. The van der Waals surface area contributed by atoms with Crippen molar-refractivity contribution in [1.29, 1.82) is 0 Å². The van der Waals surface area contributed by atoms with Gasteiger partial charge in [0, 0.05) is 11.1 Å². The summed E-state index contributed by atoms with van der Waals surface area (Å²) in [5, 5.41) is 3.91. The number of aryl methyl sites for hydroxylation is 2. The lowest BCUT2D eigenvalue weighted by Crippen LogP contribution is -2.42. The Bertz CT molecular complexity index is 513. The Kier molecular flexibility index (Phi) is 6.76. The second-order valence-corrected chi connectivity index (χ2v) is 7.06. The van der Waals surface area contributed by atoms with Gasteiger partial charge in [-0.25, -0.2) is 0 Å². The number of amides is 1. The van der Waals surface area contributed by atoms with Crippen molar-refractivity contribution < 1.29 is 9.53 Å². The lowest BCUT2D eigenvalue weighted by molar-refractivity contribution is -0.128. The highest BCUT2D eigenvalue weighted by Gasteiger charge is 2.20. The highest BCUT2D eigenvalue weighted by molar-refractivity contribution is 6.32. The molecular formula is C19H28ClNO2. The summed E-state index contributed by atoms with van der Waals surface area (Å²) in [6, 6.07) is 4.06. The minimum absolute atomic E-state index is 0.0270. The van der Waals surface area contributed by atoms with E-state index >= 15 is 0 Å². The first-order valence-electron chi connectivity index (χ1n) is 8.71. The van der Waals surface area contributed by atoms with Crippen molar-refractivity contribution in [1.82, 2.24) is 5.32 Å². The standard InChI is InChI=1S/C19H28ClNO2/c1-13-11-17(12-14(2)18(13)20)23-15(3)19(22)21-16-9-7-5-4-6-8-10-16/h11-12,15-16H,4-10H2,1-3H3,(H,21,22)/t15-/m1/s1. The Morgan fingerprint density at radius 1 is 1.13 bits per heavy atom. The smallest absolute Gasteiger partial charge is 0.260 e. The van der Waals surface area contributed by atoms with Gasteiger partial charge in [-0.1, -0.05) is 43.7 Å². The van der Waals surface area contributed by atoms with Gasteiger partial charge in [-0.3, -0.25) is 4.79 Å². The molecule has 1 aromatic carbocycles. The summed E-state index contributed by atoms with van der Waals surface area (Å²) in [6.07, 6.45) is 7.96. The monoisotopic (exact) mass is 337 g/mol. The Morgan fingerprint density at radius 2 is 1.65 bits per heavy atom. The van der Waals surface area contributed by atoms with Crippen LogP contribution < -0.4 is 10.1 Å². The van der Waals surface area contributed by atoms with Crippen molar-refractivity contribution in [2.45, 2.75) is 77.9 Å². The Hall–Kier alpha value is -1.22. The van der Waals surface area contributed by atoms with E-state index in [1.165, 1.54) is 32.1 Å². The number of halogens is 1. The van der Waals surface area contributed by atoms with Crippen LogP contribution >= 0.6 is 11.6 Å². The molecule has 128 valence electrons. The van der Waals surface area contributed by atoms with E-state index in [0.29, 0.717) is 11.8 Å². The van der Waals surface area contributed by atoms with E-state index in [0.717, 1.165) is 29.0 Å². The molecule has 1 amide bonds. The second-order valence-electron chi connectivity index (χ2n) is 6.68. The van der Waals surface area contributed by atoms with Crippen LogP contribution in [-0.2, 0) is 4.79 Å². The zero-order valence-electron chi connectivity index (χ0n) is 14.5. The third-order valence-electron chi connectivity index (χ3n) is 4.54. The molecule has 0 spiro atoms. The molecule has 0 aromatic heterocycles. The number of nitrogens with one attached hydrogen (secondary N) is 1. The molecule has 1 aromatic rings. The topological polar surface area (TPSA) is 38.3 Å². The van der Waals surface area contributed by atoms with Gasteiger partial charge >= 0.3 is 0 Å². The zero-order valence-corrected chi connectivity index (χ0v) is 15.2. The molecule has 0 heterocycles. The molecule has 23 heavy (non-hydrogen) atoms. The van der Waals surface area contributed by atoms with Gasteiger partial charge in [-0.15, -0.1) is 0 Å². The molecule has 3 nitrogen and oxygen atoms in total. The van der Waals surface area contributed by atoms with Crippen molar-refractivity contribution in [3.05, 3.63) is 28.3 Å². The highest BCUT2D eigenvalue weighted by Crippen LogP contribution is 2.26. The maximum Gasteiger partial charge on any atom is 0.260 e. The molecule has 0 aliphatic heterocycles. The number of rotatable bonds is 4. The predicted molar refractivity (Wildman–Crippen MR) is 95.3 cm³/mol. The van der Waals surface area contributed by atoms with Crippen LogP contribution in [0.25, 0.3) is 0 Å². The Labute approximate surface area is 144 Å². The Balaban J connectivity index is 1.91. The first kappa shape index (κ1) is 18.1. The molecule has 0 bridgehead atoms. The van der Waals surface area contributed by atoms with Crippen LogP contribution in [-0.4, -0.2) is 18.1 Å². The van der Waals surface area contributed by atoms with E-state index in [1.807, 2.05) is 26.0 Å². The lowest BCUT2D eigenvalue weighted by atomic mass is 9.96. The predicted octanol–water partition coefficient (Wildman–Crippen LogP) is 4.95. The molecule has 0 saturated heterocycles. The molecule has 2 rings (SSSR count). The summed E-state index contributed by atoms with van der Waals surface area (Å²) in [5.41, 5.74) is 1.93. The van der Waals surface area contributed by atoms with Gasteiger partial charge in [0.05, 0.1) is 0 Å². The van der Waals surface area contributed by atoms with Gasteiger partial charge in [0.2, 0.25) is 0 Å². The molecule has 1 fully saturated rings. The quantitative estimate of drug-likeness (QED) is 0.843. The fourth-order valence-electron chi connectivity index (χ4n) is 3.15. The summed E-state index contributed by atoms with van der Waals surface area (Å²) in [5.74, 6) is 0.672. The van der Waals surface area contributed by atoms with E-state index in [2.05, 4.69) is 5.32 Å². The van der Waals surface area contributed by atoms with Crippen LogP contribution in [0.5, 0.6) is 5.75 Å². The number of carbonyl (C=O) groups is 1. The van der Waals surface area contributed by atoms with Crippen LogP contribution in [0.1, 0.15) is 63.0 Å². The van der Waals surface area contributed by atoms with E-state index < -0.39 is 6.10 Å². The van der Waals surface area contributed by atoms with E-state index in [-0.39, 0.29) is 5.91 Å². The van der Waals surface area contributed by atoms with Crippen LogP contribution in [0.3, 0.4) is 0 Å². The first-order chi connectivity index (χ1) is 11.0. The maximum atomic E-state index is 12.4. The molecule has 1 N–H and O–H groups in total. The Morgan fingerprint density at radius 3 is 2.22 bits per heavy atom. The molecule has 1 atom stereocenters. The lowest BCUT2D eigenvalue weighted by Gasteiger charge is -2.23. The molecule has 1 saturated carbocycles. The summed E-state index contributed by atoms with van der Waals surface area (Å²) in [4.78, 5) is 12.4. The molecule has 0 radical (unpaired) electrons. The minimum Gasteiger partial charge on any atom is -0.481 e. The summed E-state index contributed by atoms with van der Waals surface area (Å²) in [7, 11) is 0. The molecule has 4 heteroatoms. The average molecular weight is 338 g/mol. The minimum atomic E-state index is -0.500. The zero-order chi connectivity index (χ0) is 16.8. The fourth-order valence-corrected chi connectivity index (χ4v) is 3.26. The third kappa shape index (κ3) is 5.42. The fraction of sp³-hybridized carbons (Fsp3) is 0.632. The molecule has 0 unspecified atom stereocenters. The van der Waals surface area contributed by atoms with Crippen molar-refractivity contribution in [3.63, 3.8) is 0 Å². The van der Waals surface area contributed by atoms with Gasteiger partial charge in [0.25, 0.3) is 5.91 Å². The van der Waals surface area contributed by atoms with Crippen LogP contribution in [0.4, 0.5) is 0 Å². The largest absolute Gasteiger partial charge is 0.481 e. The van der Waals surface area contributed by atoms with Crippen molar-refractivity contribution in [2.24, 2.45) is 0 Å².